The summed E-state index contributed by atoms with van der Waals surface area (Å²) < 4.78 is 14.4. The highest BCUT2D eigenvalue weighted by molar-refractivity contribution is 5.83. The number of aryl methyl sites for hydroxylation is 1. The molecule has 1 atom stereocenters. The second kappa shape index (κ2) is 7.35. The van der Waals surface area contributed by atoms with Gasteiger partial charge in [-0.25, -0.2) is 9.18 Å². The molecule has 0 aliphatic heterocycles. The minimum absolute atomic E-state index is 0.100. The third kappa shape index (κ3) is 4.69. The first kappa shape index (κ1) is 15.7. The predicted octanol–water partition coefficient (Wildman–Crippen LogP) is 1.22. The molecule has 0 aliphatic carbocycles. The lowest BCUT2D eigenvalue weighted by Crippen LogP contribution is -2.42. The first-order valence-corrected chi connectivity index (χ1v) is 6.78. The van der Waals surface area contributed by atoms with Gasteiger partial charge < -0.3 is 10.4 Å². The van der Waals surface area contributed by atoms with Crippen LogP contribution in [-0.4, -0.2) is 32.8 Å². The van der Waals surface area contributed by atoms with Crippen molar-refractivity contribution >= 4 is 11.9 Å². The van der Waals surface area contributed by atoms with Gasteiger partial charge in [-0.3, -0.25) is 9.48 Å². The molecule has 0 aliphatic rings. The Morgan fingerprint density at radius 3 is 2.64 bits per heavy atom. The molecular formula is C15H16FN3O3. The van der Waals surface area contributed by atoms with Gasteiger partial charge in [0.25, 0.3) is 0 Å². The zero-order valence-corrected chi connectivity index (χ0v) is 11.8. The van der Waals surface area contributed by atoms with E-state index in [9.17, 15) is 19.1 Å². The SMILES string of the molecule is O=C(CCn1cccn1)NC(Cc1ccc(F)cc1)C(=O)O. The zero-order chi connectivity index (χ0) is 15.9. The van der Waals surface area contributed by atoms with E-state index in [1.165, 1.54) is 24.3 Å². The third-order valence-corrected chi connectivity index (χ3v) is 3.11. The first-order chi connectivity index (χ1) is 10.5. The molecule has 1 aromatic carbocycles. The summed E-state index contributed by atoms with van der Waals surface area (Å²) in [5.41, 5.74) is 0.640. The van der Waals surface area contributed by atoms with Gasteiger partial charge in [-0.05, 0) is 23.8 Å². The summed E-state index contributed by atoms with van der Waals surface area (Å²) in [7, 11) is 0. The van der Waals surface area contributed by atoms with Crippen molar-refractivity contribution in [1.82, 2.24) is 15.1 Å². The molecule has 0 bridgehead atoms. The quantitative estimate of drug-likeness (QED) is 0.805. The molecular weight excluding hydrogens is 289 g/mol. The fourth-order valence-corrected chi connectivity index (χ4v) is 1.97. The number of halogens is 1. The molecule has 2 rings (SSSR count). The molecule has 7 heteroatoms. The van der Waals surface area contributed by atoms with E-state index in [4.69, 9.17) is 0 Å². The summed E-state index contributed by atoms with van der Waals surface area (Å²) >= 11 is 0. The van der Waals surface area contributed by atoms with Crippen LogP contribution in [0.5, 0.6) is 0 Å². The van der Waals surface area contributed by atoms with Crippen LogP contribution in [0.3, 0.4) is 0 Å². The summed E-state index contributed by atoms with van der Waals surface area (Å²) in [6.45, 7) is 0.377. The molecule has 22 heavy (non-hydrogen) atoms. The molecule has 2 N–H and O–H groups in total. The fraction of sp³-hybridized carbons (Fsp3) is 0.267. The van der Waals surface area contributed by atoms with E-state index in [1.54, 1.807) is 23.1 Å². The maximum Gasteiger partial charge on any atom is 0.326 e. The Balaban J connectivity index is 1.89. The number of benzene rings is 1. The number of carbonyl (C=O) groups excluding carboxylic acids is 1. The van der Waals surface area contributed by atoms with Crippen LogP contribution < -0.4 is 5.32 Å². The average molecular weight is 305 g/mol. The number of carboxylic acids is 1. The monoisotopic (exact) mass is 305 g/mol. The van der Waals surface area contributed by atoms with Gasteiger partial charge in [0, 0.05) is 31.8 Å². The lowest BCUT2D eigenvalue weighted by molar-refractivity contribution is -0.141. The van der Waals surface area contributed by atoms with Crippen LogP contribution in [0.4, 0.5) is 4.39 Å². The van der Waals surface area contributed by atoms with Crippen LogP contribution in [0.2, 0.25) is 0 Å². The summed E-state index contributed by atoms with van der Waals surface area (Å²) in [5.74, 6) is -1.89. The molecule has 0 radical (unpaired) electrons. The molecule has 1 unspecified atom stereocenters. The van der Waals surface area contributed by atoms with Crippen molar-refractivity contribution in [1.29, 1.82) is 0 Å². The molecule has 0 saturated carbocycles. The van der Waals surface area contributed by atoms with E-state index in [1.807, 2.05) is 0 Å². The number of nitrogens with zero attached hydrogens (tertiary/aromatic N) is 2. The van der Waals surface area contributed by atoms with Gasteiger partial charge in [0.1, 0.15) is 11.9 Å². The van der Waals surface area contributed by atoms with E-state index in [-0.39, 0.29) is 24.6 Å². The first-order valence-electron chi connectivity index (χ1n) is 6.78. The number of aromatic nitrogens is 2. The number of carboxylic acid groups (broad SMARTS) is 1. The van der Waals surface area contributed by atoms with Crippen LogP contribution in [0.15, 0.2) is 42.7 Å². The fourth-order valence-electron chi connectivity index (χ4n) is 1.97. The van der Waals surface area contributed by atoms with Crippen LogP contribution in [0.25, 0.3) is 0 Å². The Labute approximate surface area is 126 Å². The smallest absolute Gasteiger partial charge is 0.326 e. The number of carbonyl (C=O) groups is 2. The molecule has 0 saturated heterocycles. The Kier molecular flexibility index (Phi) is 5.24. The Morgan fingerprint density at radius 1 is 1.32 bits per heavy atom. The van der Waals surface area contributed by atoms with Crippen molar-refractivity contribution in [3.8, 4) is 0 Å². The van der Waals surface area contributed by atoms with Crippen LogP contribution >= 0.6 is 0 Å². The highest BCUT2D eigenvalue weighted by Gasteiger charge is 2.20. The lowest BCUT2D eigenvalue weighted by Gasteiger charge is -2.14. The Morgan fingerprint density at radius 2 is 2.05 bits per heavy atom. The topological polar surface area (TPSA) is 84.2 Å². The number of amides is 1. The van der Waals surface area contributed by atoms with Gasteiger partial charge in [-0.15, -0.1) is 0 Å². The van der Waals surface area contributed by atoms with Crippen molar-refractivity contribution in [2.24, 2.45) is 0 Å². The number of hydrogen-bond donors (Lipinski definition) is 2. The van der Waals surface area contributed by atoms with Gasteiger partial charge in [0.2, 0.25) is 5.91 Å². The lowest BCUT2D eigenvalue weighted by atomic mass is 10.1. The minimum Gasteiger partial charge on any atom is -0.480 e. The second-order valence-corrected chi connectivity index (χ2v) is 4.81. The van der Waals surface area contributed by atoms with Gasteiger partial charge in [-0.1, -0.05) is 12.1 Å². The average Bonchev–Trinajstić information content (AvgIpc) is 3.00. The third-order valence-electron chi connectivity index (χ3n) is 3.11. The molecule has 6 nitrogen and oxygen atoms in total. The molecule has 2 aromatic rings. The predicted molar refractivity (Wildman–Crippen MR) is 76.5 cm³/mol. The minimum atomic E-state index is -1.13. The van der Waals surface area contributed by atoms with Gasteiger partial charge in [0.05, 0.1) is 0 Å². The largest absolute Gasteiger partial charge is 0.480 e. The molecule has 0 fully saturated rings. The number of nitrogens with one attached hydrogen (secondary N) is 1. The normalized spacial score (nSPS) is 11.9. The summed E-state index contributed by atoms with van der Waals surface area (Å²) in [4.78, 5) is 23.1. The number of aliphatic carboxylic acids is 1. The van der Waals surface area contributed by atoms with E-state index < -0.39 is 12.0 Å². The molecule has 1 aromatic heterocycles. The van der Waals surface area contributed by atoms with E-state index >= 15 is 0 Å². The maximum atomic E-state index is 12.8. The molecule has 1 heterocycles. The van der Waals surface area contributed by atoms with Crippen molar-refractivity contribution < 1.29 is 19.1 Å². The van der Waals surface area contributed by atoms with Crippen LogP contribution in [0.1, 0.15) is 12.0 Å². The van der Waals surface area contributed by atoms with Crippen molar-refractivity contribution in [3.05, 3.63) is 54.1 Å². The van der Waals surface area contributed by atoms with E-state index in [0.717, 1.165) is 0 Å². The van der Waals surface area contributed by atoms with Gasteiger partial charge in [-0.2, -0.15) is 5.10 Å². The van der Waals surface area contributed by atoms with Crippen molar-refractivity contribution in [2.75, 3.05) is 0 Å². The van der Waals surface area contributed by atoms with Crippen LogP contribution in [0, 0.1) is 5.82 Å². The Hall–Kier alpha value is -2.70. The molecule has 1 amide bonds. The van der Waals surface area contributed by atoms with E-state index in [0.29, 0.717) is 12.1 Å². The highest BCUT2D eigenvalue weighted by atomic mass is 19.1. The number of rotatable bonds is 7. The zero-order valence-electron chi connectivity index (χ0n) is 11.8. The van der Waals surface area contributed by atoms with Crippen LogP contribution in [-0.2, 0) is 22.6 Å². The maximum absolute atomic E-state index is 12.8. The molecule has 116 valence electrons. The van der Waals surface area contributed by atoms with Gasteiger partial charge in [0.15, 0.2) is 0 Å². The van der Waals surface area contributed by atoms with E-state index in [2.05, 4.69) is 10.4 Å². The Bertz CT molecular complexity index is 626. The number of hydrogen-bond acceptors (Lipinski definition) is 3. The standard InChI is InChI=1S/C15H16FN3O3/c16-12-4-2-11(3-5-12)10-13(15(21)22)18-14(20)6-9-19-8-1-7-17-19/h1-5,7-8,13H,6,9-10H2,(H,18,20)(H,21,22). The van der Waals surface area contributed by atoms with Gasteiger partial charge >= 0.3 is 5.97 Å². The summed E-state index contributed by atoms with van der Waals surface area (Å²) in [6, 6.07) is 6.21. The second-order valence-electron chi connectivity index (χ2n) is 4.81. The van der Waals surface area contributed by atoms with Crippen molar-refractivity contribution in [3.63, 3.8) is 0 Å². The van der Waals surface area contributed by atoms with Crippen molar-refractivity contribution in [2.45, 2.75) is 25.4 Å². The molecule has 0 spiro atoms. The summed E-state index contributed by atoms with van der Waals surface area (Å²) in [5, 5.41) is 15.6. The highest BCUT2D eigenvalue weighted by Crippen LogP contribution is 2.06. The summed E-state index contributed by atoms with van der Waals surface area (Å²) in [6.07, 6.45) is 3.56.